The molecule has 0 aliphatic rings. The van der Waals surface area contributed by atoms with Crippen LogP contribution in [0.3, 0.4) is 0 Å². The lowest BCUT2D eigenvalue weighted by molar-refractivity contribution is 0.589. The number of rotatable bonds is 3. The summed E-state index contributed by atoms with van der Waals surface area (Å²) in [6.07, 6.45) is 0. The first kappa shape index (κ1) is 17.5. The van der Waals surface area contributed by atoms with Gasteiger partial charge < -0.3 is 10.6 Å². The summed E-state index contributed by atoms with van der Waals surface area (Å²) in [5.41, 5.74) is 4.99. The molecule has 0 aliphatic heterocycles. The third kappa shape index (κ3) is 5.07. The van der Waals surface area contributed by atoms with E-state index < -0.39 is 0 Å². The Bertz CT molecular complexity index is 652. The molecule has 0 unspecified atom stereocenters. The Hall–Kier alpha value is -1.87. The molecule has 0 saturated heterocycles. The number of benzene rings is 2. The van der Waals surface area contributed by atoms with Crippen molar-refractivity contribution < 1.29 is 0 Å². The molecule has 0 bridgehead atoms. The molecule has 0 heterocycles. The number of thiocarbonyl (C=S) groups is 1. The number of hydrogen-bond acceptors (Lipinski definition) is 1. The van der Waals surface area contributed by atoms with Crippen LogP contribution in [0.2, 0.25) is 0 Å². The third-order valence-electron chi connectivity index (χ3n) is 3.93. The van der Waals surface area contributed by atoms with Gasteiger partial charge >= 0.3 is 0 Å². The second kappa shape index (κ2) is 7.14. The molecule has 0 saturated carbocycles. The van der Waals surface area contributed by atoms with Gasteiger partial charge in [-0.3, -0.25) is 0 Å². The largest absolute Gasteiger partial charge is 0.356 e. The van der Waals surface area contributed by atoms with Gasteiger partial charge in [-0.2, -0.15) is 0 Å². The molecule has 0 spiro atoms. The van der Waals surface area contributed by atoms with Crippen LogP contribution in [-0.4, -0.2) is 5.11 Å². The van der Waals surface area contributed by atoms with Gasteiger partial charge in [-0.05, 0) is 54.7 Å². The van der Waals surface area contributed by atoms with Crippen molar-refractivity contribution in [1.82, 2.24) is 5.32 Å². The minimum Gasteiger partial charge on any atom is -0.356 e. The summed E-state index contributed by atoms with van der Waals surface area (Å²) >= 11 is 5.41. The van der Waals surface area contributed by atoms with Crippen molar-refractivity contribution in [2.24, 2.45) is 0 Å². The van der Waals surface area contributed by atoms with E-state index in [0.717, 1.165) is 5.69 Å². The average molecular weight is 327 g/mol. The average Bonchev–Trinajstić information content (AvgIpc) is 2.49. The molecule has 0 fully saturated rings. The highest BCUT2D eigenvalue weighted by atomic mass is 32.1. The van der Waals surface area contributed by atoms with Crippen LogP contribution >= 0.6 is 12.2 Å². The zero-order chi connectivity index (χ0) is 17.0. The predicted octanol–water partition coefficient (Wildman–Crippen LogP) is 5.34. The maximum Gasteiger partial charge on any atom is 0.171 e. The molecule has 0 aliphatic carbocycles. The topological polar surface area (TPSA) is 24.1 Å². The van der Waals surface area contributed by atoms with Gasteiger partial charge in [0.25, 0.3) is 0 Å². The van der Waals surface area contributed by atoms with E-state index in [9.17, 15) is 0 Å². The molecule has 2 aromatic rings. The Kier molecular flexibility index (Phi) is 5.42. The second-order valence-corrected chi connectivity index (χ2v) is 7.47. The van der Waals surface area contributed by atoms with Crippen LogP contribution in [0.15, 0.2) is 48.5 Å². The van der Waals surface area contributed by atoms with E-state index in [1.165, 1.54) is 16.7 Å². The van der Waals surface area contributed by atoms with Gasteiger partial charge in [0, 0.05) is 5.69 Å². The van der Waals surface area contributed by atoms with E-state index in [2.05, 4.69) is 81.7 Å². The summed E-state index contributed by atoms with van der Waals surface area (Å²) < 4.78 is 0. The van der Waals surface area contributed by atoms with Gasteiger partial charge in [0.15, 0.2) is 5.11 Å². The summed E-state index contributed by atoms with van der Waals surface area (Å²) in [5.74, 6) is 0. The molecule has 23 heavy (non-hydrogen) atoms. The van der Waals surface area contributed by atoms with E-state index >= 15 is 0 Å². The molecule has 2 rings (SSSR count). The fraction of sp³-hybridized carbons (Fsp3) is 0.350. The first-order valence-electron chi connectivity index (χ1n) is 8.00. The molecular formula is C20H26N2S. The maximum absolute atomic E-state index is 5.41. The Morgan fingerprint density at radius 1 is 0.957 bits per heavy atom. The molecule has 122 valence electrons. The minimum atomic E-state index is 0.162. The summed E-state index contributed by atoms with van der Waals surface area (Å²) in [6.45, 7) is 10.9. The van der Waals surface area contributed by atoms with Crippen LogP contribution in [0.5, 0.6) is 0 Å². The predicted molar refractivity (Wildman–Crippen MR) is 104 cm³/mol. The second-order valence-electron chi connectivity index (χ2n) is 7.06. The van der Waals surface area contributed by atoms with Crippen molar-refractivity contribution in [1.29, 1.82) is 0 Å². The van der Waals surface area contributed by atoms with E-state index in [1.807, 2.05) is 12.1 Å². The molecule has 2 nitrogen and oxygen atoms in total. The van der Waals surface area contributed by atoms with Gasteiger partial charge in [0.2, 0.25) is 0 Å². The van der Waals surface area contributed by atoms with Crippen LogP contribution in [0.1, 0.15) is 50.4 Å². The van der Waals surface area contributed by atoms with Gasteiger partial charge in [-0.15, -0.1) is 0 Å². The SMILES string of the molecule is Cc1ccc(NC(=S)N[C@H](C)c2ccc(C(C)(C)C)cc2)cc1. The Balaban J connectivity index is 1.96. The van der Waals surface area contributed by atoms with E-state index in [0.29, 0.717) is 5.11 Å². The van der Waals surface area contributed by atoms with Crippen molar-refractivity contribution in [3.8, 4) is 0 Å². The number of nitrogens with one attached hydrogen (secondary N) is 2. The lowest BCUT2D eigenvalue weighted by Gasteiger charge is -2.21. The van der Waals surface area contributed by atoms with Crippen molar-refractivity contribution in [3.63, 3.8) is 0 Å². The highest BCUT2D eigenvalue weighted by Crippen LogP contribution is 2.24. The summed E-state index contributed by atoms with van der Waals surface area (Å²) in [7, 11) is 0. The van der Waals surface area contributed by atoms with Crippen LogP contribution in [-0.2, 0) is 5.41 Å². The lowest BCUT2D eigenvalue weighted by Crippen LogP contribution is -2.30. The number of anilines is 1. The van der Waals surface area contributed by atoms with Crippen molar-refractivity contribution in [2.75, 3.05) is 5.32 Å². The molecular weight excluding hydrogens is 300 g/mol. The molecule has 0 radical (unpaired) electrons. The molecule has 0 aromatic heterocycles. The smallest absolute Gasteiger partial charge is 0.171 e. The van der Waals surface area contributed by atoms with E-state index in [-0.39, 0.29) is 11.5 Å². The van der Waals surface area contributed by atoms with Gasteiger partial charge in [0.05, 0.1) is 6.04 Å². The normalized spacial score (nSPS) is 12.6. The molecule has 1 atom stereocenters. The zero-order valence-electron chi connectivity index (χ0n) is 14.6. The monoisotopic (exact) mass is 326 g/mol. The molecule has 2 aromatic carbocycles. The van der Waals surface area contributed by atoms with Crippen LogP contribution < -0.4 is 10.6 Å². The van der Waals surface area contributed by atoms with Gasteiger partial charge in [0.1, 0.15) is 0 Å². The fourth-order valence-electron chi connectivity index (χ4n) is 2.36. The molecule has 2 N–H and O–H groups in total. The summed E-state index contributed by atoms with van der Waals surface area (Å²) in [6, 6.07) is 17.1. The van der Waals surface area contributed by atoms with Gasteiger partial charge in [-0.25, -0.2) is 0 Å². The van der Waals surface area contributed by atoms with Crippen LogP contribution in [0, 0.1) is 6.92 Å². The number of aryl methyl sites for hydroxylation is 1. The minimum absolute atomic E-state index is 0.162. The highest BCUT2D eigenvalue weighted by Gasteiger charge is 2.14. The van der Waals surface area contributed by atoms with Crippen LogP contribution in [0.4, 0.5) is 5.69 Å². The third-order valence-corrected chi connectivity index (χ3v) is 4.15. The van der Waals surface area contributed by atoms with E-state index in [4.69, 9.17) is 12.2 Å². The first-order chi connectivity index (χ1) is 10.8. The van der Waals surface area contributed by atoms with Gasteiger partial charge in [-0.1, -0.05) is 62.7 Å². The highest BCUT2D eigenvalue weighted by molar-refractivity contribution is 7.80. The van der Waals surface area contributed by atoms with Crippen LogP contribution in [0.25, 0.3) is 0 Å². The first-order valence-corrected chi connectivity index (χ1v) is 8.41. The summed E-state index contributed by atoms with van der Waals surface area (Å²) in [4.78, 5) is 0. The fourth-order valence-corrected chi connectivity index (χ4v) is 2.65. The zero-order valence-corrected chi connectivity index (χ0v) is 15.4. The Labute approximate surface area is 145 Å². The van der Waals surface area contributed by atoms with Crippen molar-refractivity contribution in [3.05, 3.63) is 65.2 Å². The lowest BCUT2D eigenvalue weighted by atomic mass is 9.86. The van der Waals surface area contributed by atoms with Crippen molar-refractivity contribution >= 4 is 23.0 Å². The summed E-state index contributed by atoms with van der Waals surface area (Å²) in [5, 5.41) is 7.20. The maximum atomic E-state index is 5.41. The van der Waals surface area contributed by atoms with E-state index in [1.54, 1.807) is 0 Å². The molecule has 3 heteroatoms. The molecule has 0 amide bonds. The Morgan fingerprint density at radius 2 is 1.52 bits per heavy atom. The van der Waals surface area contributed by atoms with Crippen molar-refractivity contribution in [2.45, 2.75) is 46.1 Å². The Morgan fingerprint density at radius 3 is 2.04 bits per heavy atom. The quantitative estimate of drug-likeness (QED) is 0.744. The standard InChI is InChI=1S/C20H26N2S/c1-14-6-12-18(13-7-14)22-19(23)21-15(2)16-8-10-17(11-9-16)20(3,4)5/h6-13,15H,1-5H3,(H2,21,22,23)/t15-/m1/s1. The number of hydrogen-bond donors (Lipinski definition) is 2.